The molecule has 0 unspecified atom stereocenters. The number of phenols is 1. The van der Waals surface area contributed by atoms with Crippen LogP contribution in [0.5, 0.6) is 5.75 Å². The third-order valence-corrected chi connectivity index (χ3v) is 2.65. The van der Waals surface area contributed by atoms with Crippen LogP contribution in [0, 0.1) is 11.7 Å². The Morgan fingerprint density at radius 1 is 1.44 bits per heavy atom. The number of phenolic OH excluding ortho intramolecular Hbond substituents is 1. The van der Waals surface area contributed by atoms with E-state index < -0.39 is 11.8 Å². The summed E-state index contributed by atoms with van der Waals surface area (Å²) in [6.45, 7) is 1.42. The number of carboxylic acid groups (broad SMARTS) is 1. The van der Waals surface area contributed by atoms with Gasteiger partial charge in [0.2, 0.25) is 0 Å². The van der Waals surface area contributed by atoms with Crippen molar-refractivity contribution in [3.05, 3.63) is 29.6 Å². The van der Waals surface area contributed by atoms with Gasteiger partial charge in [0.05, 0.1) is 5.92 Å². The summed E-state index contributed by atoms with van der Waals surface area (Å²) in [5.41, 5.74) is 0.654. The largest absolute Gasteiger partial charge is 0.508 e. The van der Waals surface area contributed by atoms with E-state index in [9.17, 15) is 14.3 Å². The molecule has 1 fully saturated rings. The Morgan fingerprint density at radius 2 is 2.12 bits per heavy atom. The maximum absolute atomic E-state index is 12.9. The molecule has 0 spiro atoms. The molecule has 4 nitrogen and oxygen atoms in total. The lowest BCUT2D eigenvalue weighted by Crippen LogP contribution is -2.49. The van der Waals surface area contributed by atoms with Crippen LogP contribution >= 0.6 is 0 Å². The Labute approximate surface area is 91.9 Å². The molecule has 2 N–H and O–H groups in total. The van der Waals surface area contributed by atoms with Gasteiger partial charge in [-0.05, 0) is 17.7 Å². The highest BCUT2D eigenvalue weighted by molar-refractivity contribution is 5.71. The number of aromatic hydroxyl groups is 1. The predicted molar refractivity (Wildman–Crippen MR) is 54.5 cm³/mol. The number of hydrogen-bond acceptors (Lipinski definition) is 3. The molecular weight excluding hydrogens is 213 g/mol. The van der Waals surface area contributed by atoms with Gasteiger partial charge in [-0.1, -0.05) is 0 Å². The first-order valence-electron chi connectivity index (χ1n) is 4.98. The van der Waals surface area contributed by atoms with Crippen LogP contribution in [0.3, 0.4) is 0 Å². The number of halogens is 1. The van der Waals surface area contributed by atoms with Gasteiger partial charge in [-0.2, -0.15) is 0 Å². The number of aliphatic carboxylic acids is 1. The second-order valence-corrected chi connectivity index (χ2v) is 4.05. The van der Waals surface area contributed by atoms with E-state index >= 15 is 0 Å². The quantitative estimate of drug-likeness (QED) is 0.807. The molecule has 1 saturated heterocycles. The summed E-state index contributed by atoms with van der Waals surface area (Å²) < 4.78 is 12.9. The summed E-state index contributed by atoms with van der Waals surface area (Å²) in [6.07, 6.45) is 0. The molecule has 0 aliphatic carbocycles. The first-order chi connectivity index (χ1) is 7.54. The molecule has 1 aliphatic rings. The van der Waals surface area contributed by atoms with Crippen LogP contribution < -0.4 is 0 Å². The number of rotatable bonds is 3. The van der Waals surface area contributed by atoms with Crippen LogP contribution in [-0.2, 0) is 11.3 Å². The molecule has 16 heavy (non-hydrogen) atoms. The van der Waals surface area contributed by atoms with Gasteiger partial charge in [-0.25, -0.2) is 4.39 Å². The van der Waals surface area contributed by atoms with Gasteiger partial charge in [0.15, 0.2) is 0 Å². The lowest BCUT2D eigenvalue weighted by atomic mass is 9.99. The summed E-state index contributed by atoms with van der Waals surface area (Å²) in [5.74, 6) is -1.70. The zero-order valence-electron chi connectivity index (χ0n) is 8.56. The molecule has 5 heteroatoms. The maximum Gasteiger partial charge on any atom is 0.309 e. The molecule has 1 aromatic carbocycles. The fourth-order valence-corrected chi connectivity index (χ4v) is 1.84. The molecular formula is C11H12FNO3. The van der Waals surface area contributed by atoms with Crippen LogP contribution in [0.1, 0.15) is 5.56 Å². The number of nitrogens with zero attached hydrogens (tertiary/aromatic N) is 1. The fourth-order valence-electron chi connectivity index (χ4n) is 1.84. The smallest absolute Gasteiger partial charge is 0.309 e. The zero-order chi connectivity index (χ0) is 11.7. The first kappa shape index (κ1) is 10.9. The summed E-state index contributed by atoms with van der Waals surface area (Å²) in [5, 5.41) is 17.9. The molecule has 0 amide bonds. The van der Waals surface area contributed by atoms with Crippen molar-refractivity contribution in [2.75, 3.05) is 13.1 Å². The van der Waals surface area contributed by atoms with Crippen molar-refractivity contribution in [3.8, 4) is 5.75 Å². The molecule has 0 aromatic heterocycles. The van der Waals surface area contributed by atoms with E-state index in [0.29, 0.717) is 25.2 Å². The van der Waals surface area contributed by atoms with Gasteiger partial charge in [0, 0.05) is 25.7 Å². The minimum atomic E-state index is -0.793. The fraction of sp³-hybridized carbons (Fsp3) is 0.364. The molecule has 0 atom stereocenters. The van der Waals surface area contributed by atoms with E-state index in [4.69, 9.17) is 5.11 Å². The van der Waals surface area contributed by atoms with E-state index in [0.717, 1.165) is 6.07 Å². The second kappa shape index (κ2) is 4.09. The third kappa shape index (κ3) is 2.30. The summed E-state index contributed by atoms with van der Waals surface area (Å²) in [6, 6.07) is 3.87. The maximum atomic E-state index is 12.9. The van der Waals surface area contributed by atoms with Crippen molar-refractivity contribution < 1.29 is 19.4 Å². The Kier molecular flexibility index (Phi) is 2.78. The first-order valence-corrected chi connectivity index (χ1v) is 4.98. The number of benzene rings is 1. The predicted octanol–water partition coefficient (Wildman–Crippen LogP) is 1.05. The zero-order valence-corrected chi connectivity index (χ0v) is 8.56. The molecule has 1 aliphatic heterocycles. The van der Waals surface area contributed by atoms with E-state index in [1.807, 2.05) is 4.90 Å². The standard InChI is InChI=1S/C11H12FNO3/c12-9-1-7(2-10(14)3-9)4-13-5-8(6-13)11(15)16/h1-3,8,14H,4-6H2,(H,15,16). The van der Waals surface area contributed by atoms with Crippen LogP contribution in [0.15, 0.2) is 18.2 Å². The van der Waals surface area contributed by atoms with Crippen molar-refractivity contribution in [2.24, 2.45) is 5.92 Å². The highest BCUT2D eigenvalue weighted by atomic mass is 19.1. The van der Waals surface area contributed by atoms with Crippen molar-refractivity contribution in [2.45, 2.75) is 6.54 Å². The Morgan fingerprint density at radius 3 is 2.69 bits per heavy atom. The number of likely N-dealkylation sites (tertiary alicyclic amines) is 1. The summed E-state index contributed by atoms with van der Waals surface area (Å²) >= 11 is 0. The monoisotopic (exact) mass is 225 g/mol. The SMILES string of the molecule is O=C(O)C1CN(Cc2cc(O)cc(F)c2)C1. The Hall–Kier alpha value is -1.62. The molecule has 86 valence electrons. The molecule has 2 rings (SSSR count). The van der Waals surface area contributed by atoms with Crippen LogP contribution in [0.4, 0.5) is 4.39 Å². The average Bonchev–Trinajstić information content (AvgIpc) is 2.08. The van der Waals surface area contributed by atoms with Crippen molar-refractivity contribution in [1.29, 1.82) is 0 Å². The normalized spacial score (nSPS) is 17.1. The molecule has 1 aromatic rings. The highest BCUT2D eigenvalue weighted by Gasteiger charge is 2.32. The Balaban J connectivity index is 1.94. The van der Waals surface area contributed by atoms with Crippen molar-refractivity contribution in [3.63, 3.8) is 0 Å². The summed E-state index contributed by atoms with van der Waals surface area (Å²) in [7, 11) is 0. The van der Waals surface area contributed by atoms with Gasteiger partial charge in [-0.3, -0.25) is 9.69 Å². The van der Waals surface area contributed by atoms with E-state index in [-0.39, 0.29) is 11.7 Å². The highest BCUT2D eigenvalue weighted by Crippen LogP contribution is 2.21. The van der Waals surface area contributed by atoms with E-state index in [1.165, 1.54) is 12.1 Å². The van der Waals surface area contributed by atoms with E-state index in [2.05, 4.69) is 0 Å². The Bertz CT molecular complexity index is 395. The third-order valence-electron chi connectivity index (χ3n) is 2.65. The number of carbonyl (C=O) groups is 1. The van der Waals surface area contributed by atoms with Crippen LogP contribution in [-0.4, -0.2) is 34.2 Å². The van der Waals surface area contributed by atoms with Gasteiger partial charge in [0.1, 0.15) is 11.6 Å². The number of hydrogen-bond donors (Lipinski definition) is 2. The molecule has 0 bridgehead atoms. The second-order valence-electron chi connectivity index (χ2n) is 4.05. The topological polar surface area (TPSA) is 60.8 Å². The van der Waals surface area contributed by atoms with Gasteiger partial charge in [0.25, 0.3) is 0 Å². The molecule has 1 heterocycles. The minimum absolute atomic E-state index is 0.106. The van der Waals surface area contributed by atoms with Crippen LogP contribution in [0.25, 0.3) is 0 Å². The molecule has 0 radical (unpaired) electrons. The summed E-state index contributed by atoms with van der Waals surface area (Å²) in [4.78, 5) is 12.5. The van der Waals surface area contributed by atoms with Gasteiger partial charge in [-0.15, -0.1) is 0 Å². The minimum Gasteiger partial charge on any atom is -0.508 e. The van der Waals surface area contributed by atoms with Crippen molar-refractivity contribution >= 4 is 5.97 Å². The molecule has 0 saturated carbocycles. The van der Waals surface area contributed by atoms with E-state index in [1.54, 1.807) is 0 Å². The lowest BCUT2D eigenvalue weighted by molar-refractivity contribution is -0.147. The number of carboxylic acids is 1. The van der Waals surface area contributed by atoms with Crippen LogP contribution in [0.2, 0.25) is 0 Å². The van der Waals surface area contributed by atoms with Gasteiger partial charge >= 0.3 is 5.97 Å². The van der Waals surface area contributed by atoms with Gasteiger partial charge < -0.3 is 10.2 Å². The average molecular weight is 225 g/mol. The lowest BCUT2D eigenvalue weighted by Gasteiger charge is -2.36. The van der Waals surface area contributed by atoms with Crippen molar-refractivity contribution in [1.82, 2.24) is 4.90 Å².